The normalized spacial score (nSPS) is 10.8. The molecule has 0 fully saturated rings. The Hall–Kier alpha value is -2.39. The summed E-state index contributed by atoms with van der Waals surface area (Å²) in [6.45, 7) is 0. The Morgan fingerprint density at radius 2 is 1.52 bits per heavy atom. The third-order valence-corrected chi connectivity index (χ3v) is 6.22. The quantitative estimate of drug-likeness (QED) is 0.484. The first-order valence-electron chi connectivity index (χ1n) is 7.80. The van der Waals surface area contributed by atoms with Crippen LogP contribution in [0.4, 0.5) is 0 Å². The molecule has 3 nitrogen and oxygen atoms in total. The summed E-state index contributed by atoms with van der Waals surface area (Å²) in [5.41, 5.74) is 3.00. The Kier molecular flexibility index (Phi) is 4.66. The van der Waals surface area contributed by atoms with E-state index in [1.807, 2.05) is 59.4 Å². The van der Waals surface area contributed by atoms with Gasteiger partial charge in [-0.05, 0) is 0 Å². The van der Waals surface area contributed by atoms with Gasteiger partial charge in [0.25, 0.3) is 0 Å². The van der Waals surface area contributed by atoms with Crippen LogP contribution in [0.2, 0.25) is 5.02 Å². The molecule has 25 heavy (non-hydrogen) atoms. The third-order valence-electron chi connectivity index (χ3n) is 3.72. The van der Waals surface area contributed by atoms with Gasteiger partial charge in [0, 0.05) is 0 Å². The van der Waals surface area contributed by atoms with Crippen LogP contribution in [0, 0.1) is 0 Å². The number of nitrogens with zero attached hydrogens (tertiary/aromatic N) is 3. The molecule has 5 heteroatoms. The van der Waals surface area contributed by atoms with Gasteiger partial charge in [-0.3, -0.25) is 0 Å². The van der Waals surface area contributed by atoms with Crippen molar-refractivity contribution < 1.29 is 0 Å². The summed E-state index contributed by atoms with van der Waals surface area (Å²) in [4.78, 5) is 0. The molecule has 3 aromatic carbocycles. The van der Waals surface area contributed by atoms with Crippen molar-refractivity contribution in [3.8, 4) is 16.9 Å². The number of hydrogen-bond donors (Lipinski definition) is 0. The van der Waals surface area contributed by atoms with Crippen LogP contribution in [-0.2, 0) is 0 Å². The van der Waals surface area contributed by atoms with E-state index in [0.29, 0.717) is 0 Å². The van der Waals surface area contributed by atoms with Gasteiger partial charge in [0.2, 0.25) is 0 Å². The van der Waals surface area contributed by atoms with Gasteiger partial charge in [-0.2, -0.15) is 0 Å². The summed E-state index contributed by atoms with van der Waals surface area (Å²) in [5.74, 6) is 0. The number of benzene rings is 3. The molecule has 0 aliphatic rings. The fourth-order valence-electron chi connectivity index (χ4n) is 2.49. The van der Waals surface area contributed by atoms with E-state index in [1.54, 1.807) is 0 Å². The summed E-state index contributed by atoms with van der Waals surface area (Å²) in [6, 6.07) is 26.4. The maximum absolute atomic E-state index is 5.99. The van der Waals surface area contributed by atoms with Crippen molar-refractivity contribution in [2.45, 2.75) is 0 Å². The van der Waals surface area contributed by atoms with Crippen LogP contribution in [0.15, 0.2) is 85.1 Å². The average molecular weight is 411 g/mol. The number of aromatic nitrogens is 3. The Labute approximate surface area is 157 Å². The van der Waals surface area contributed by atoms with Crippen LogP contribution in [0.1, 0.15) is 0 Å². The molecule has 0 N–H and O–H groups in total. The molecule has 0 bridgehead atoms. The summed E-state index contributed by atoms with van der Waals surface area (Å²) in [5, 5.41) is 9.42. The second-order valence-electron chi connectivity index (χ2n) is 5.44. The molecular formula is C20H14ClN3Se. The van der Waals surface area contributed by atoms with Gasteiger partial charge in [0.05, 0.1) is 0 Å². The van der Waals surface area contributed by atoms with Crippen molar-refractivity contribution in [2.75, 3.05) is 0 Å². The molecule has 0 unspecified atom stereocenters. The average Bonchev–Trinajstić information content (AvgIpc) is 3.15. The van der Waals surface area contributed by atoms with E-state index < -0.39 is 0 Å². The minimum atomic E-state index is 0.167. The fourth-order valence-corrected chi connectivity index (χ4v) is 4.58. The minimum absolute atomic E-state index is 0.167. The van der Waals surface area contributed by atoms with E-state index in [-0.39, 0.29) is 15.0 Å². The molecule has 0 aliphatic carbocycles. The Morgan fingerprint density at radius 1 is 0.800 bits per heavy atom. The molecule has 0 saturated carbocycles. The van der Waals surface area contributed by atoms with Crippen molar-refractivity contribution in [1.29, 1.82) is 0 Å². The Balaban J connectivity index is 1.67. The SMILES string of the molecule is Clc1ccc([Se]c2ccccc2-n2cc(-c3ccccc3)nn2)cc1. The van der Waals surface area contributed by atoms with E-state index in [1.165, 1.54) is 8.92 Å². The molecule has 0 aliphatic heterocycles. The maximum atomic E-state index is 5.99. The van der Waals surface area contributed by atoms with Crippen LogP contribution >= 0.6 is 11.6 Å². The third kappa shape index (κ3) is 3.67. The van der Waals surface area contributed by atoms with Crippen molar-refractivity contribution >= 4 is 35.5 Å². The monoisotopic (exact) mass is 411 g/mol. The molecule has 122 valence electrons. The second-order valence-corrected chi connectivity index (χ2v) is 8.21. The van der Waals surface area contributed by atoms with Gasteiger partial charge in [-0.1, -0.05) is 0 Å². The van der Waals surface area contributed by atoms with Crippen molar-refractivity contribution in [3.05, 3.63) is 90.1 Å². The van der Waals surface area contributed by atoms with Crippen molar-refractivity contribution in [2.24, 2.45) is 0 Å². The van der Waals surface area contributed by atoms with Gasteiger partial charge in [-0.15, -0.1) is 0 Å². The van der Waals surface area contributed by atoms with Gasteiger partial charge in [0.1, 0.15) is 0 Å². The zero-order chi connectivity index (χ0) is 17.1. The van der Waals surface area contributed by atoms with Gasteiger partial charge in [-0.25, -0.2) is 0 Å². The van der Waals surface area contributed by atoms with Crippen LogP contribution in [0.25, 0.3) is 16.9 Å². The van der Waals surface area contributed by atoms with Crippen LogP contribution < -0.4 is 8.92 Å². The van der Waals surface area contributed by atoms with Crippen LogP contribution in [0.5, 0.6) is 0 Å². The molecule has 1 aromatic heterocycles. The number of para-hydroxylation sites is 1. The van der Waals surface area contributed by atoms with Gasteiger partial charge in [0.15, 0.2) is 0 Å². The van der Waals surface area contributed by atoms with Crippen LogP contribution in [0.3, 0.4) is 0 Å². The summed E-state index contributed by atoms with van der Waals surface area (Å²) >= 11 is 6.15. The number of halogens is 1. The molecule has 0 radical (unpaired) electrons. The first-order chi connectivity index (χ1) is 12.3. The molecule has 4 aromatic rings. The second kappa shape index (κ2) is 7.24. The molecule has 0 amide bonds. The number of rotatable bonds is 4. The first kappa shape index (κ1) is 16.1. The standard InChI is InChI=1S/C20H14ClN3Se/c21-16-10-12-17(13-11-16)25-20-9-5-4-8-19(20)24-14-18(22-23-24)15-6-2-1-3-7-15/h1-14H. The van der Waals surface area contributed by atoms with Crippen LogP contribution in [-0.4, -0.2) is 30.0 Å². The molecule has 1 heterocycles. The van der Waals surface area contributed by atoms with Gasteiger partial charge < -0.3 is 0 Å². The van der Waals surface area contributed by atoms with Crippen molar-refractivity contribution in [3.63, 3.8) is 0 Å². The summed E-state index contributed by atoms with van der Waals surface area (Å²) in [7, 11) is 0. The number of hydrogen-bond acceptors (Lipinski definition) is 2. The van der Waals surface area contributed by atoms with E-state index >= 15 is 0 Å². The van der Waals surface area contributed by atoms with Gasteiger partial charge >= 0.3 is 158 Å². The molecule has 0 saturated heterocycles. The summed E-state index contributed by atoms with van der Waals surface area (Å²) in [6.07, 6.45) is 1.98. The van der Waals surface area contributed by atoms with E-state index in [4.69, 9.17) is 11.6 Å². The predicted molar refractivity (Wildman–Crippen MR) is 103 cm³/mol. The topological polar surface area (TPSA) is 30.7 Å². The molecule has 0 spiro atoms. The first-order valence-corrected chi connectivity index (χ1v) is 9.89. The van der Waals surface area contributed by atoms with Crippen molar-refractivity contribution in [1.82, 2.24) is 15.0 Å². The van der Waals surface area contributed by atoms with E-state index in [2.05, 4.69) is 40.6 Å². The van der Waals surface area contributed by atoms with E-state index in [9.17, 15) is 0 Å². The zero-order valence-corrected chi connectivity index (χ0v) is 15.7. The van der Waals surface area contributed by atoms with E-state index in [0.717, 1.165) is 22.0 Å². The predicted octanol–water partition coefficient (Wildman–Crippen LogP) is 3.24. The fraction of sp³-hybridized carbons (Fsp3) is 0. The zero-order valence-electron chi connectivity index (χ0n) is 13.2. The Bertz CT molecular complexity index is 981. The molecular weight excluding hydrogens is 397 g/mol. The Morgan fingerprint density at radius 3 is 2.32 bits per heavy atom. The molecule has 0 atom stereocenters. The molecule has 4 rings (SSSR count). The summed E-state index contributed by atoms with van der Waals surface area (Å²) < 4.78 is 4.38.